The molecular formula is C23H23N3O4. The summed E-state index contributed by atoms with van der Waals surface area (Å²) in [5.74, 6) is -0.0888. The first kappa shape index (κ1) is 19.9. The lowest BCUT2D eigenvalue weighted by molar-refractivity contribution is -0.117. The Kier molecular flexibility index (Phi) is 5.15. The molecule has 0 radical (unpaired) electrons. The molecule has 2 amide bonds. The molecule has 154 valence electrons. The molecule has 2 atom stereocenters. The van der Waals surface area contributed by atoms with Crippen molar-refractivity contribution in [2.24, 2.45) is 5.73 Å². The summed E-state index contributed by atoms with van der Waals surface area (Å²) in [6.45, 7) is 3.79. The molecule has 1 aliphatic rings. The summed E-state index contributed by atoms with van der Waals surface area (Å²) >= 11 is 0. The second kappa shape index (κ2) is 7.78. The van der Waals surface area contributed by atoms with Gasteiger partial charge in [0, 0.05) is 13.5 Å². The number of nitrogens with zero attached hydrogens (tertiary/aromatic N) is 2. The smallest absolute Gasteiger partial charge is 0.294 e. The molecule has 0 aliphatic carbocycles. The maximum atomic E-state index is 13.1. The van der Waals surface area contributed by atoms with Crippen LogP contribution in [0.2, 0.25) is 0 Å². The molecule has 2 heterocycles. The molecule has 3 N–H and O–H groups in total. The van der Waals surface area contributed by atoms with Gasteiger partial charge in [-0.15, -0.1) is 0 Å². The van der Waals surface area contributed by atoms with E-state index in [2.05, 4.69) is 0 Å². The zero-order valence-corrected chi connectivity index (χ0v) is 16.8. The van der Waals surface area contributed by atoms with Crippen LogP contribution in [0, 0.1) is 0 Å². The molecule has 7 heteroatoms. The van der Waals surface area contributed by atoms with Gasteiger partial charge in [-0.05, 0) is 47.9 Å². The van der Waals surface area contributed by atoms with Crippen LogP contribution < -0.4 is 15.5 Å². The second-order valence-corrected chi connectivity index (χ2v) is 7.40. The number of carbonyl (C=O) groups excluding carboxylic acids is 2. The van der Waals surface area contributed by atoms with Gasteiger partial charge in [0.05, 0.1) is 23.7 Å². The van der Waals surface area contributed by atoms with Crippen LogP contribution in [0.5, 0.6) is 0 Å². The van der Waals surface area contributed by atoms with Crippen molar-refractivity contribution in [1.29, 1.82) is 0 Å². The van der Waals surface area contributed by atoms with Crippen LogP contribution in [0.3, 0.4) is 0 Å². The Balaban J connectivity index is 1.80. The van der Waals surface area contributed by atoms with Gasteiger partial charge in [-0.25, -0.2) is 0 Å². The lowest BCUT2D eigenvalue weighted by Crippen LogP contribution is -2.51. The van der Waals surface area contributed by atoms with Crippen LogP contribution in [-0.2, 0) is 4.79 Å². The third-order valence-corrected chi connectivity index (χ3v) is 5.32. The Hall–Kier alpha value is -3.42. The highest BCUT2D eigenvalue weighted by Crippen LogP contribution is 2.39. The third-order valence-electron chi connectivity index (χ3n) is 5.32. The molecule has 0 saturated heterocycles. The molecule has 7 nitrogen and oxygen atoms in total. The summed E-state index contributed by atoms with van der Waals surface area (Å²) < 4.78 is 5.32. The van der Waals surface area contributed by atoms with E-state index in [-0.39, 0.29) is 23.6 Å². The van der Waals surface area contributed by atoms with Crippen LogP contribution in [-0.4, -0.2) is 29.5 Å². The molecule has 2 aromatic carbocycles. The highest BCUT2D eigenvalue weighted by atomic mass is 16.3. The van der Waals surface area contributed by atoms with Gasteiger partial charge in [0.2, 0.25) is 5.91 Å². The number of anilines is 2. The number of carbonyl (C=O) groups is 2. The minimum atomic E-state index is -1.03. The molecule has 4 rings (SSSR count). The normalized spacial score (nSPS) is 16.9. The van der Waals surface area contributed by atoms with Crippen LogP contribution in [0.25, 0.3) is 11.1 Å². The fourth-order valence-corrected chi connectivity index (χ4v) is 3.88. The molecular weight excluding hydrogens is 382 g/mol. The van der Waals surface area contributed by atoms with Gasteiger partial charge in [0.1, 0.15) is 6.23 Å². The zero-order valence-electron chi connectivity index (χ0n) is 16.8. The van der Waals surface area contributed by atoms with Gasteiger partial charge >= 0.3 is 0 Å². The largest absolute Gasteiger partial charge is 0.459 e. The van der Waals surface area contributed by atoms with E-state index in [0.29, 0.717) is 23.5 Å². The maximum absolute atomic E-state index is 13.1. The molecule has 1 aliphatic heterocycles. The van der Waals surface area contributed by atoms with E-state index in [1.54, 1.807) is 34.1 Å². The minimum Gasteiger partial charge on any atom is -0.459 e. The van der Waals surface area contributed by atoms with Gasteiger partial charge in [-0.1, -0.05) is 30.3 Å². The quantitative estimate of drug-likeness (QED) is 0.651. The number of aliphatic hydroxyl groups excluding tert-OH is 1. The molecule has 0 fully saturated rings. The van der Waals surface area contributed by atoms with Gasteiger partial charge in [-0.3, -0.25) is 9.59 Å². The number of furan rings is 1. The molecule has 0 spiro atoms. The van der Waals surface area contributed by atoms with E-state index in [9.17, 15) is 14.7 Å². The topological polar surface area (TPSA) is 100 Å². The van der Waals surface area contributed by atoms with Crippen molar-refractivity contribution in [1.82, 2.24) is 0 Å². The predicted molar refractivity (Wildman–Crippen MR) is 114 cm³/mol. The number of hydrogen-bond donors (Lipinski definition) is 2. The lowest BCUT2D eigenvalue weighted by Gasteiger charge is -2.40. The third kappa shape index (κ3) is 3.49. The van der Waals surface area contributed by atoms with E-state index in [1.165, 1.54) is 13.2 Å². The van der Waals surface area contributed by atoms with Crippen molar-refractivity contribution >= 4 is 23.2 Å². The SMILES string of the molecule is CC(=O)N1c2ccc(-c3ccc(C(N)O)cc3)cc2N(C(=O)c2ccco2)C[C@@H]1C. The van der Waals surface area contributed by atoms with E-state index in [0.717, 1.165) is 11.1 Å². The molecule has 3 aromatic rings. The van der Waals surface area contributed by atoms with Crippen molar-refractivity contribution in [3.05, 3.63) is 72.2 Å². The summed E-state index contributed by atoms with van der Waals surface area (Å²) in [7, 11) is 0. The standard InChI is InChI=1S/C23H23N3O4/c1-14-13-25(23(29)21-4-3-11-30-21)20-12-18(9-10-19(20)26(14)15(2)27)16-5-7-17(8-6-16)22(24)28/h3-12,14,22,28H,13,24H2,1-2H3/t14-,22?/m0/s1. The highest BCUT2D eigenvalue weighted by molar-refractivity contribution is 6.10. The van der Waals surface area contributed by atoms with Crippen molar-refractivity contribution in [2.75, 3.05) is 16.3 Å². The summed E-state index contributed by atoms with van der Waals surface area (Å²) in [6.07, 6.45) is 0.433. The Labute approximate surface area is 174 Å². The average molecular weight is 405 g/mol. The maximum Gasteiger partial charge on any atom is 0.294 e. The van der Waals surface area contributed by atoms with E-state index < -0.39 is 6.23 Å². The van der Waals surface area contributed by atoms with Gasteiger partial charge in [0.15, 0.2) is 5.76 Å². The fourth-order valence-electron chi connectivity index (χ4n) is 3.88. The Morgan fingerprint density at radius 3 is 2.40 bits per heavy atom. The van der Waals surface area contributed by atoms with Gasteiger partial charge < -0.3 is 25.1 Å². The average Bonchev–Trinajstić information content (AvgIpc) is 3.27. The predicted octanol–water partition coefficient (Wildman–Crippen LogP) is 3.30. The fraction of sp³-hybridized carbons (Fsp3) is 0.217. The minimum absolute atomic E-state index is 0.0807. The van der Waals surface area contributed by atoms with Gasteiger partial charge in [0.25, 0.3) is 5.91 Å². The first-order valence-electron chi connectivity index (χ1n) is 9.70. The zero-order chi connectivity index (χ0) is 21.4. The number of benzene rings is 2. The number of amides is 2. The number of hydrogen-bond acceptors (Lipinski definition) is 5. The first-order chi connectivity index (χ1) is 14.4. The van der Waals surface area contributed by atoms with Crippen LogP contribution in [0.15, 0.2) is 65.3 Å². The lowest BCUT2D eigenvalue weighted by atomic mass is 9.99. The molecule has 1 aromatic heterocycles. The Morgan fingerprint density at radius 1 is 1.10 bits per heavy atom. The summed E-state index contributed by atoms with van der Waals surface area (Å²) in [5, 5.41) is 9.52. The summed E-state index contributed by atoms with van der Waals surface area (Å²) in [4.78, 5) is 28.8. The van der Waals surface area contributed by atoms with E-state index >= 15 is 0 Å². The van der Waals surface area contributed by atoms with Crippen molar-refractivity contribution in [3.8, 4) is 11.1 Å². The number of fused-ring (bicyclic) bond motifs is 1. The Bertz CT molecular complexity index is 1070. The molecule has 30 heavy (non-hydrogen) atoms. The summed E-state index contributed by atoms with van der Waals surface area (Å²) in [6, 6.07) is 16.0. The highest BCUT2D eigenvalue weighted by Gasteiger charge is 2.34. The van der Waals surface area contributed by atoms with Gasteiger partial charge in [-0.2, -0.15) is 0 Å². The van der Waals surface area contributed by atoms with Crippen LogP contribution in [0.1, 0.15) is 36.2 Å². The van der Waals surface area contributed by atoms with Crippen molar-refractivity contribution in [2.45, 2.75) is 26.1 Å². The second-order valence-electron chi connectivity index (χ2n) is 7.40. The molecule has 1 unspecified atom stereocenters. The van der Waals surface area contributed by atoms with Crippen molar-refractivity contribution in [3.63, 3.8) is 0 Å². The number of rotatable bonds is 3. The first-order valence-corrected chi connectivity index (χ1v) is 9.70. The number of aliphatic hydroxyl groups is 1. The number of nitrogens with two attached hydrogens (primary N) is 1. The summed E-state index contributed by atoms with van der Waals surface area (Å²) in [5.41, 5.74) is 9.23. The van der Waals surface area contributed by atoms with Crippen LogP contribution >= 0.6 is 0 Å². The van der Waals surface area contributed by atoms with Crippen LogP contribution in [0.4, 0.5) is 11.4 Å². The molecule has 0 bridgehead atoms. The Morgan fingerprint density at radius 2 is 1.80 bits per heavy atom. The van der Waals surface area contributed by atoms with E-state index in [4.69, 9.17) is 10.2 Å². The van der Waals surface area contributed by atoms with E-state index in [1.807, 2.05) is 37.3 Å². The monoisotopic (exact) mass is 405 g/mol. The van der Waals surface area contributed by atoms with Crippen molar-refractivity contribution < 1.29 is 19.1 Å². The molecule has 0 saturated carbocycles.